The van der Waals surface area contributed by atoms with E-state index >= 15 is 0 Å². The van der Waals surface area contributed by atoms with Crippen molar-refractivity contribution in [2.45, 2.75) is 44.6 Å². The number of benzene rings is 1. The van der Waals surface area contributed by atoms with Gasteiger partial charge in [0.2, 0.25) is 0 Å². The maximum Gasteiger partial charge on any atom is 0.337 e. The summed E-state index contributed by atoms with van der Waals surface area (Å²) >= 11 is 0. The number of carboxylic acid groups (broad SMARTS) is 1. The second kappa shape index (κ2) is 4.37. The number of para-hydroxylation sites is 1. The zero-order chi connectivity index (χ0) is 13.5. The number of carbonyl (C=O) groups is 1. The predicted molar refractivity (Wildman–Crippen MR) is 73.4 cm³/mol. The van der Waals surface area contributed by atoms with E-state index in [9.17, 15) is 9.90 Å². The zero-order valence-electron chi connectivity index (χ0n) is 11.1. The highest BCUT2D eigenvalue weighted by Gasteiger charge is 2.30. The van der Waals surface area contributed by atoms with Crippen LogP contribution in [0.2, 0.25) is 0 Å². The lowest BCUT2D eigenvalue weighted by atomic mass is 9.83. The Labute approximate surface area is 112 Å². The van der Waals surface area contributed by atoms with Crippen LogP contribution in [0.15, 0.2) is 24.5 Å². The molecule has 0 aliphatic heterocycles. The van der Waals surface area contributed by atoms with E-state index in [1.165, 1.54) is 19.3 Å². The molecule has 1 aliphatic carbocycles. The van der Waals surface area contributed by atoms with Crippen LogP contribution in [0.3, 0.4) is 0 Å². The van der Waals surface area contributed by atoms with E-state index in [1.54, 1.807) is 12.1 Å². The maximum absolute atomic E-state index is 11.2. The minimum Gasteiger partial charge on any atom is -0.478 e. The Hall–Kier alpha value is -1.84. The van der Waals surface area contributed by atoms with Crippen LogP contribution in [-0.4, -0.2) is 20.6 Å². The first-order chi connectivity index (χ1) is 9.12. The third kappa shape index (κ3) is 1.91. The number of rotatable bonds is 2. The predicted octanol–water partition coefficient (Wildman–Crippen LogP) is 3.41. The smallest absolute Gasteiger partial charge is 0.337 e. The highest BCUT2D eigenvalue weighted by Crippen LogP contribution is 2.36. The number of hydrogen-bond acceptors (Lipinski definition) is 2. The molecule has 1 aliphatic rings. The summed E-state index contributed by atoms with van der Waals surface area (Å²) in [7, 11) is 0. The number of imidazole rings is 1. The summed E-state index contributed by atoms with van der Waals surface area (Å²) in [6.07, 6.45) is 7.83. The molecule has 1 fully saturated rings. The molecule has 100 valence electrons. The standard InChI is InChI=1S/C15H18N2O2/c1-15(8-3-2-4-9-15)17-10-16-13-11(14(18)19)6-5-7-12(13)17/h5-7,10H,2-4,8-9H2,1H3,(H,18,19). The van der Waals surface area contributed by atoms with Crippen LogP contribution in [0.5, 0.6) is 0 Å². The fraction of sp³-hybridized carbons (Fsp3) is 0.467. The summed E-state index contributed by atoms with van der Waals surface area (Å²) in [5, 5.41) is 9.22. The van der Waals surface area contributed by atoms with Crippen LogP contribution in [0.25, 0.3) is 11.0 Å². The lowest BCUT2D eigenvalue weighted by Crippen LogP contribution is -2.31. The van der Waals surface area contributed by atoms with Gasteiger partial charge in [0, 0.05) is 5.54 Å². The summed E-state index contributed by atoms with van der Waals surface area (Å²) in [4.78, 5) is 15.6. The first-order valence-corrected chi connectivity index (χ1v) is 6.82. The van der Waals surface area contributed by atoms with Gasteiger partial charge >= 0.3 is 5.97 Å². The summed E-state index contributed by atoms with van der Waals surface area (Å²) in [6.45, 7) is 2.25. The third-order valence-corrected chi connectivity index (χ3v) is 4.32. The SMILES string of the molecule is CC1(n2cnc3c(C(=O)O)cccc32)CCCCC1. The van der Waals surface area contributed by atoms with Gasteiger partial charge in [0.25, 0.3) is 0 Å². The quantitative estimate of drug-likeness (QED) is 0.898. The Balaban J connectivity index is 2.15. The Morgan fingerprint density at radius 1 is 1.32 bits per heavy atom. The van der Waals surface area contributed by atoms with Crippen molar-refractivity contribution in [2.24, 2.45) is 0 Å². The molecule has 4 nitrogen and oxygen atoms in total. The van der Waals surface area contributed by atoms with Crippen LogP contribution in [0, 0.1) is 0 Å². The molecule has 1 saturated carbocycles. The zero-order valence-corrected chi connectivity index (χ0v) is 11.1. The van der Waals surface area contributed by atoms with Gasteiger partial charge in [-0.25, -0.2) is 9.78 Å². The van der Waals surface area contributed by atoms with E-state index in [-0.39, 0.29) is 11.1 Å². The number of fused-ring (bicyclic) bond motifs is 1. The average Bonchev–Trinajstić information content (AvgIpc) is 2.83. The van der Waals surface area contributed by atoms with Gasteiger partial charge in [-0.2, -0.15) is 0 Å². The largest absolute Gasteiger partial charge is 0.478 e. The van der Waals surface area contributed by atoms with Gasteiger partial charge in [-0.05, 0) is 31.9 Å². The van der Waals surface area contributed by atoms with Crippen molar-refractivity contribution in [2.75, 3.05) is 0 Å². The van der Waals surface area contributed by atoms with Gasteiger partial charge in [-0.1, -0.05) is 25.3 Å². The van der Waals surface area contributed by atoms with Crippen LogP contribution < -0.4 is 0 Å². The number of hydrogen-bond donors (Lipinski definition) is 1. The van der Waals surface area contributed by atoms with Crippen molar-refractivity contribution in [3.8, 4) is 0 Å². The molecule has 0 saturated heterocycles. The molecule has 3 rings (SSSR count). The molecule has 19 heavy (non-hydrogen) atoms. The molecule has 0 spiro atoms. The van der Waals surface area contributed by atoms with E-state index in [2.05, 4.69) is 16.5 Å². The first-order valence-electron chi connectivity index (χ1n) is 6.82. The average molecular weight is 258 g/mol. The molecule has 2 aromatic rings. The molecule has 0 unspecified atom stereocenters. The van der Waals surface area contributed by atoms with Crippen molar-refractivity contribution in [3.05, 3.63) is 30.1 Å². The molecule has 0 radical (unpaired) electrons. The molecule has 0 atom stereocenters. The lowest BCUT2D eigenvalue weighted by Gasteiger charge is -2.35. The molecule has 1 aromatic heterocycles. The minimum atomic E-state index is -0.912. The molecular weight excluding hydrogens is 240 g/mol. The Kier molecular flexibility index (Phi) is 2.81. The minimum absolute atomic E-state index is 0.0735. The highest BCUT2D eigenvalue weighted by molar-refractivity contribution is 6.00. The van der Waals surface area contributed by atoms with Crippen molar-refractivity contribution >= 4 is 17.0 Å². The second-order valence-corrected chi connectivity index (χ2v) is 5.65. The number of nitrogens with zero attached hydrogens (tertiary/aromatic N) is 2. The van der Waals surface area contributed by atoms with Crippen molar-refractivity contribution in [1.82, 2.24) is 9.55 Å². The molecular formula is C15H18N2O2. The first kappa shape index (κ1) is 12.2. The monoisotopic (exact) mass is 258 g/mol. The van der Waals surface area contributed by atoms with E-state index in [0.717, 1.165) is 18.4 Å². The van der Waals surface area contributed by atoms with Crippen molar-refractivity contribution in [1.29, 1.82) is 0 Å². The molecule has 0 bridgehead atoms. The topological polar surface area (TPSA) is 55.1 Å². The number of aromatic carboxylic acids is 1. The van der Waals surface area contributed by atoms with Crippen molar-refractivity contribution in [3.63, 3.8) is 0 Å². The molecule has 4 heteroatoms. The van der Waals surface area contributed by atoms with Crippen LogP contribution in [0.4, 0.5) is 0 Å². The summed E-state index contributed by atoms with van der Waals surface area (Å²) in [6, 6.07) is 5.38. The molecule has 1 N–H and O–H groups in total. The lowest BCUT2D eigenvalue weighted by molar-refractivity contribution is 0.0699. The van der Waals surface area contributed by atoms with Gasteiger partial charge in [0.15, 0.2) is 0 Å². The molecule has 0 amide bonds. The summed E-state index contributed by atoms with van der Waals surface area (Å²) in [5.41, 5.74) is 1.89. The van der Waals surface area contributed by atoms with Crippen LogP contribution in [-0.2, 0) is 5.54 Å². The fourth-order valence-corrected chi connectivity index (χ4v) is 3.20. The number of aromatic nitrogens is 2. The van der Waals surface area contributed by atoms with Gasteiger partial charge in [0.1, 0.15) is 5.52 Å². The molecule has 1 heterocycles. The second-order valence-electron chi connectivity index (χ2n) is 5.65. The Morgan fingerprint density at radius 3 is 2.74 bits per heavy atom. The highest BCUT2D eigenvalue weighted by atomic mass is 16.4. The number of carboxylic acids is 1. The Morgan fingerprint density at radius 2 is 2.05 bits per heavy atom. The Bertz CT molecular complexity index is 624. The third-order valence-electron chi connectivity index (χ3n) is 4.32. The normalized spacial score (nSPS) is 18.6. The van der Waals surface area contributed by atoms with Gasteiger partial charge in [0.05, 0.1) is 17.4 Å². The van der Waals surface area contributed by atoms with E-state index in [1.807, 2.05) is 12.4 Å². The summed E-state index contributed by atoms with van der Waals surface area (Å²) < 4.78 is 2.17. The maximum atomic E-state index is 11.2. The van der Waals surface area contributed by atoms with E-state index < -0.39 is 5.97 Å². The van der Waals surface area contributed by atoms with Crippen LogP contribution >= 0.6 is 0 Å². The van der Waals surface area contributed by atoms with Gasteiger partial charge in [-0.15, -0.1) is 0 Å². The van der Waals surface area contributed by atoms with Gasteiger partial charge < -0.3 is 9.67 Å². The van der Waals surface area contributed by atoms with E-state index in [0.29, 0.717) is 5.52 Å². The molecule has 1 aromatic carbocycles. The van der Waals surface area contributed by atoms with Crippen LogP contribution in [0.1, 0.15) is 49.4 Å². The fourth-order valence-electron chi connectivity index (χ4n) is 3.20. The van der Waals surface area contributed by atoms with Gasteiger partial charge in [-0.3, -0.25) is 0 Å². The van der Waals surface area contributed by atoms with E-state index in [4.69, 9.17) is 0 Å². The van der Waals surface area contributed by atoms with Crippen molar-refractivity contribution < 1.29 is 9.90 Å². The summed E-state index contributed by atoms with van der Waals surface area (Å²) in [5.74, 6) is -0.912.